The predicted octanol–water partition coefficient (Wildman–Crippen LogP) is 2.58. The SMILES string of the molecule is Cc1cnn(C(=O)N2CCN(Cc3ccc(N4CCCC4)cc3)CC2)c1. The smallest absolute Gasteiger partial charge is 0.344 e. The molecule has 2 fully saturated rings. The molecule has 2 aliphatic heterocycles. The van der Waals surface area contributed by atoms with E-state index < -0.39 is 0 Å². The van der Waals surface area contributed by atoms with Crippen molar-refractivity contribution < 1.29 is 4.79 Å². The maximum atomic E-state index is 12.4. The summed E-state index contributed by atoms with van der Waals surface area (Å²) in [4.78, 5) is 19.2. The van der Waals surface area contributed by atoms with Gasteiger partial charge in [0.25, 0.3) is 0 Å². The van der Waals surface area contributed by atoms with E-state index in [-0.39, 0.29) is 6.03 Å². The maximum Gasteiger partial charge on any atom is 0.344 e. The fourth-order valence-electron chi connectivity index (χ4n) is 3.81. The lowest BCUT2D eigenvalue weighted by atomic mass is 10.1. The largest absolute Gasteiger partial charge is 0.372 e. The van der Waals surface area contributed by atoms with Gasteiger partial charge in [0.2, 0.25) is 0 Å². The van der Waals surface area contributed by atoms with Gasteiger partial charge in [-0.25, -0.2) is 4.79 Å². The van der Waals surface area contributed by atoms with Crippen LogP contribution in [0.15, 0.2) is 36.7 Å². The average molecular weight is 353 g/mol. The third-order valence-corrected chi connectivity index (χ3v) is 5.36. The predicted molar refractivity (Wildman–Crippen MR) is 102 cm³/mol. The summed E-state index contributed by atoms with van der Waals surface area (Å²) in [5, 5.41) is 4.13. The minimum Gasteiger partial charge on any atom is -0.372 e. The van der Waals surface area contributed by atoms with Gasteiger partial charge in [-0.3, -0.25) is 4.90 Å². The van der Waals surface area contributed by atoms with E-state index in [0.29, 0.717) is 0 Å². The highest BCUT2D eigenvalue weighted by atomic mass is 16.2. The molecular weight excluding hydrogens is 326 g/mol. The number of hydrogen-bond acceptors (Lipinski definition) is 4. The topological polar surface area (TPSA) is 44.6 Å². The van der Waals surface area contributed by atoms with Crippen LogP contribution in [0.1, 0.15) is 24.0 Å². The Balaban J connectivity index is 1.29. The van der Waals surface area contributed by atoms with Crippen molar-refractivity contribution in [3.8, 4) is 0 Å². The highest BCUT2D eigenvalue weighted by Crippen LogP contribution is 2.21. The second-order valence-corrected chi connectivity index (χ2v) is 7.37. The zero-order valence-electron chi connectivity index (χ0n) is 15.5. The van der Waals surface area contributed by atoms with Crippen LogP contribution < -0.4 is 4.90 Å². The standard InChI is InChI=1S/C20H27N5O/c1-17-14-21-25(15-17)20(26)24-12-10-22(11-13-24)16-18-4-6-19(7-5-18)23-8-2-3-9-23/h4-7,14-15H,2-3,8-13,16H2,1H3. The number of nitrogens with zero attached hydrogens (tertiary/aromatic N) is 5. The third-order valence-electron chi connectivity index (χ3n) is 5.36. The molecule has 3 heterocycles. The number of piperazine rings is 1. The molecule has 1 aromatic heterocycles. The Bertz CT molecular complexity index is 740. The molecule has 0 N–H and O–H groups in total. The molecule has 2 aliphatic rings. The fourth-order valence-corrected chi connectivity index (χ4v) is 3.81. The number of anilines is 1. The molecule has 138 valence electrons. The number of carbonyl (C=O) groups is 1. The van der Waals surface area contributed by atoms with Gasteiger partial charge >= 0.3 is 6.03 Å². The first-order valence-corrected chi connectivity index (χ1v) is 9.56. The van der Waals surface area contributed by atoms with Crippen molar-refractivity contribution >= 4 is 11.7 Å². The number of aromatic nitrogens is 2. The summed E-state index contributed by atoms with van der Waals surface area (Å²) >= 11 is 0. The highest BCUT2D eigenvalue weighted by Gasteiger charge is 2.22. The monoisotopic (exact) mass is 353 g/mol. The first-order chi connectivity index (χ1) is 12.7. The van der Waals surface area contributed by atoms with E-state index in [1.807, 2.05) is 11.8 Å². The van der Waals surface area contributed by atoms with Crippen LogP contribution in [-0.2, 0) is 6.54 Å². The molecule has 1 amide bonds. The first kappa shape index (κ1) is 17.1. The van der Waals surface area contributed by atoms with Crippen molar-refractivity contribution in [1.82, 2.24) is 19.6 Å². The van der Waals surface area contributed by atoms with E-state index >= 15 is 0 Å². The van der Waals surface area contributed by atoms with Crippen molar-refractivity contribution in [1.29, 1.82) is 0 Å². The summed E-state index contributed by atoms with van der Waals surface area (Å²) in [6.45, 7) is 8.58. The molecule has 6 nitrogen and oxygen atoms in total. The minimum atomic E-state index is -0.0206. The molecule has 0 atom stereocenters. The van der Waals surface area contributed by atoms with E-state index in [2.05, 4.69) is 39.2 Å². The van der Waals surface area contributed by atoms with Crippen molar-refractivity contribution in [2.75, 3.05) is 44.2 Å². The summed E-state index contributed by atoms with van der Waals surface area (Å²) in [6.07, 6.45) is 6.13. The van der Waals surface area contributed by atoms with Crippen LogP contribution in [0.2, 0.25) is 0 Å². The van der Waals surface area contributed by atoms with Gasteiger partial charge in [-0.05, 0) is 43.0 Å². The molecule has 6 heteroatoms. The summed E-state index contributed by atoms with van der Waals surface area (Å²) in [5.74, 6) is 0. The molecule has 0 unspecified atom stereocenters. The van der Waals surface area contributed by atoms with Gasteiger partial charge < -0.3 is 9.80 Å². The first-order valence-electron chi connectivity index (χ1n) is 9.56. The second kappa shape index (κ2) is 7.50. The normalized spacial score (nSPS) is 18.5. The molecule has 0 saturated carbocycles. The van der Waals surface area contributed by atoms with Crippen molar-refractivity contribution in [2.45, 2.75) is 26.3 Å². The van der Waals surface area contributed by atoms with Gasteiger partial charge in [0.15, 0.2) is 0 Å². The van der Waals surface area contributed by atoms with Gasteiger partial charge in [-0.2, -0.15) is 9.78 Å². The summed E-state index contributed by atoms with van der Waals surface area (Å²) < 4.78 is 1.45. The van der Waals surface area contributed by atoms with Gasteiger partial charge in [0.1, 0.15) is 0 Å². The number of benzene rings is 1. The van der Waals surface area contributed by atoms with Crippen molar-refractivity contribution in [2.24, 2.45) is 0 Å². The van der Waals surface area contributed by atoms with E-state index in [4.69, 9.17) is 0 Å². The molecule has 2 saturated heterocycles. The van der Waals surface area contributed by atoms with Crippen LogP contribution >= 0.6 is 0 Å². The van der Waals surface area contributed by atoms with Crippen LogP contribution in [0.3, 0.4) is 0 Å². The Morgan fingerprint density at radius 1 is 1.00 bits per heavy atom. The Morgan fingerprint density at radius 3 is 2.31 bits per heavy atom. The number of amides is 1. The van der Waals surface area contributed by atoms with Crippen LogP contribution in [0.25, 0.3) is 0 Å². The molecule has 4 rings (SSSR count). The Labute approximate surface area is 155 Å². The lowest BCUT2D eigenvalue weighted by Gasteiger charge is -2.34. The number of aryl methyl sites for hydroxylation is 1. The molecule has 26 heavy (non-hydrogen) atoms. The molecule has 0 spiro atoms. The average Bonchev–Trinajstić information content (AvgIpc) is 3.34. The number of rotatable bonds is 3. The van der Waals surface area contributed by atoms with Gasteiger partial charge in [0, 0.05) is 57.7 Å². The minimum absolute atomic E-state index is 0.0206. The van der Waals surface area contributed by atoms with E-state index in [0.717, 1.165) is 38.3 Å². The Kier molecular flexibility index (Phi) is 4.93. The van der Waals surface area contributed by atoms with E-state index in [1.165, 1.54) is 41.9 Å². The number of carbonyl (C=O) groups excluding carboxylic acids is 1. The number of hydrogen-bond donors (Lipinski definition) is 0. The summed E-state index contributed by atoms with van der Waals surface area (Å²) in [7, 11) is 0. The Morgan fingerprint density at radius 2 is 1.69 bits per heavy atom. The maximum absolute atomic E-state index is 12.4. The lowest BCUT2D eigenvalue weighted by Crippen LogP contribution is -2.49. The van der Waals surface area contributed by atoms with Crippen molar-refractivity contribution in [3.63, 3.8) is 0 Å². The van der Waals surface area contributed by atoms with E-state index in [9.17, 15) is 4.79 Å². The molecule has 2 aromatic rings. The van der Waals surface area contributed by atoms with Crippen LogP contribution in [0.5, 0.6) is 0 Å². The van der Waals surface area contributed by atoms with Crippen LogP contribution in [0.4, 0.5) is 10.5 Å². The lowest BCUT2D eigenvalue weighted by molar-refractivity contribution is 0.134. The molecule has 0 radical (unpaired) electrons. The second-order valence-electron chi connectivity index (χ2n) is 7.37. The summed E-state index contributed by atoms with van der Waals surface area (Å²) in [5.41, 5.74) is 3.70. The molecule has 0 aliphatic carbocycles. The van der Waals surface area contributed by atoms with Crippen LogP contribution in [0, 0.1) is 6.92 Å². The summed E-state index contributed by atoms with van der Waals surface area (Å²) in [6, 6.07) is 8.98. The van der Waals surface area contributed by atoms with E-state index in [1.54, 1.807) is 12.4 Å². The van der Waals surface area contributed by atoms with Gasteiger partial charge in [-0.1, -0.05) is 12.1 Å². The van der Waals surface area contributed by atoms with Gasteiger partial charge in [-0.15, -0.1) is 0 Å². The zero-order chi connectivity index (χ0) is 17.9. The fraction of sp³-hybridized carbons (Fsp3) is 0.500. The molecule has 1 aromatic carbocycles. The Hall–Kier alpha value is -2.34. The van der Waals surface area contributed by atoms with Crippen molar-refractivity contribution in [3.05, 3.63) is 47.8 Å². The third kappa shape index (κ3) is 3.75. The quantitative estimate of drug-likeness (QED) is 0.851. The molecular formula is C20H27N5O. The highest BCUT2D eigenvalue weighted by molar-refractivity contribution is 5.76. The van der Waals surface area contributed by atoms with Crippen LogP contribution in [-0.4, -0.2) is 64.9 Å². The zero-order valence-corrected chi connectivity index (χ0v) is 15.5. The molecule has 0 bridgehead atoms. The van der Waals surface area contributed by atoms with Gasteiger partial charge in [0.05, 0.1) is 6.20 Å².